The highest BCUT2D eigenvalue weighted by atomic mass is 35.5. The predicted molar refractivity (Wildman–Crippen MR) is 124 cm³/mol. The third-order valence-corrected chi connectivity index (χ3v) is 6.18. The lowest BCUT2D eigenvalue weighted by Gasteiger charge is -2.26. The fourth-order valence-electron chi connectivity index (χ4n) is 4.14. The molecule has 2 atom stereocenters. The Hall–Kier alpha value is -3.58. The highest BCUT2D eigenvalue weighted by Crippen LogP contribution is 2.38. The number of carbonyl (C=O) groups is 1. The topological polar surface area (TPSA) is 115 Å². The number of carboxylic acids is 1. The van der Waals surface area contributed by atoms with Crippen LogP contribution in [0.3, 0.4) is 0 Å². The van der Waals surface area contributed by atoms with Crippen LogP contribution in [-0.4, -0.2) is 44.5 Å². The zero-order chi connectivity index (χ0) is 24.8. The van der Waals surface area contributed by atoms with Gasteiger partial charge in [0.25, 0.3) is 5.92 Å². The molecule has 34 heavy (non-hydrogen) atoms. The van der Waals surface area contributed by atoms with Gasteiger partial charge >= 0.3 is 5.97 Å². The molecule has 0 bridgehead atoms. The Kier molecular flexibility index (Phi) is 6.00. The van der Waals surface area contributed by atoms with E-state index in [0.717, 1.165) is 5.56 Å². The number of aromatic carboxylic acids is 1. The Labute approximate surface area is 199 Å². The Morgan fingerprint density at radius 3 is 2.71 bits per heavy atom. The molecule has 0 saturated carbocycles. The second-order valence-electron chi connectivity index (χ2n) is 8.31. The first-order valence-electron chi connectivity index (χ1n) is 10.5. The number of nitriles is 1. The Morgan fingerprint density at radius 2 is 2.09 bits per heavy atom. The first kappa shape index (κ1) is 23.6. The molecule has 11 heteroatoms. The van der Waals surface area contributed by atoms with Crippen LogP contribution in [0.25, 0.3) is 11.0 Å². The van der Waals surface area contributed by atoms with E-state index < -0.39 is 24.0 Å². The summed E-state index contributed by atoms with van der Waals surface area (Å²) in [5, 5.41) is 22.3. The van der Waals surface area contributed by atoms with Crippen LogP contribution >= 0.6 is 11.6 Å². The van der Waals surface area contributed by atoms with E-state index in [4.69, 9.17) is 11.6 Å². The van der Waals surface area contributed by atoms with Gasteiger partial charge in [-0.2, -0.15) is 5.26 Å². The molecule has 1 aliphatic heterocycles. The number of pyridine rings is 1. The van der Waals surface area contributed by atoms with E-state index in [1.165, 1.54) is 24.0 Å². The van der Waals surface area contributed by atoms with E-state index in [9.17, 15) is 23.9 Å². The van der Waals surface area contributed by atoms with Crippen molar-refractivity contribution in [3.63, 3.8) is 0 Å². The number of fused-ring (bicyclic) bond motifs is 1. The lowest BCUT2D eigenvalue weighted by atomic mass is 10.0. The summed E-state index contributed by atoms with van der Waals surface area (Å²) in [6.07, 6.45) is -0.334. The number of halogens is 3. The molecule has 4 rings (SSSR count). The van der Waals surface area contributed by atoms with Gasteiger partial charge in [0.2, 0.25) is 0 Å². The van der Waals surface area contributed by atoms with Gasteiger partial charge in [0.1, 0.15) is 11.2 Å². The molecule has 176 valence electrons. The van der Waals surface area contributed by atoms with E-state index in [2.05, 4.69) is 20.3 Å². The van der Waals surface area contributed by atoms with E-state index in [-0.39, 0.29) is 41.0 Å². The molecule has 2 N–H and O–H groups in total. The Bertz CT molecular complexity index is 1340. The van der Waals surface area contributed by atoms with Gasteiger partial charge in [0.15, 0.2) is 17.2 Å². The minimum atomic E-state index is -2.90. The van der Waals surface area contributed by atoms with Crippen molar-refractivity contribution in [2.24, 2.45) is 0 Å². The average molecular weight is 487 g/mol. The second kappa shape index (κ2) is 8.65. The molecule has 1 aromatic carbocycles. The summed E-state index contributed by atoms with van der Waals surface area (Å²) in [7, 11) is 0. The maximum absolute atomic E-state index is 14.2. The fraction of sp³-hybridized carbons (Fsp3) is 0.348. The molecular weight excluding hydrogens is 466 g/mol. The molecule has 8 nitrogen and oxygen atoms in total. The van der Waals surface area contributed by atoms with Crippen LogP contribution in [0, 0.1) is 18.3 Å². The number of benzene rings is 1. The molecule has 1 aliphatic rings. The zero-order valence-electron chi connectivity index (χ0n) is 18.6. The normalized spacial score (nSPS) is 18.0. The minimum Gasteiger partial charge on any atom is -0.476 e. The molecular formula is C23H21ClF2N6O2. The van der Waals surface area contributed by atoms with Crippen LogP contribution < -0.4 is 10.2 Å². The van der Waals surface area contributed by atoms with Gasteiger partial charge in [0.05, 0.1) is 28.8 Å². The smallest absolute Gasteiger partial charge is 0.356 e. The number of alkyl halides is 2. The molecule has 0 radical (unpaired) electrons. The Morgan fingerprint density at radius 1 is 1.35 bits per heavy atom. The van der Waals surface area contributed by atoms with Gasteiger partial charge in [-0.3, -0.25) is 0 Å². The summed E-state index contributed by atoms with van der Waals surface area (Å²) in [5.41, 5.74) is 2.38. The SMILES string of the molecule is Cc1cc([C@@H](C)Nc2ccc(Cl)nc2C(=O)O)c2nc(N3CCC(F)(F)[C@@H]3C)c(C#N)nc2c1. The fourth-order valence-corrected chi connectivity index (χ4v) is 4.29. The molecule has 0 unspecified atom stereocenters. The van der Waals surface area contributed by atoms with E-state index >= 15 is 0 Å². The summed E-state index contributed by atoms with van der Waals surface area (Å²) in [5.74, 6) is -4.03. The molecule has 0 spiro atoms. The van der Waals surface area contributed by atoms with Gasteiger partial charge < -0.3 is 15.3 Å². The maximum Gasteiger partial charge on any atom is 0.356 e. The van der Waals surface area contributed by atoms with Crippen LogP contribution in [0.4, 0.5) is 20.3 Å². The van der Waals surface area contributed by atoms with E-state index in [0.29, 0.717) is 16.6 Å². The average Bonchev–Trinajstić information content (AvgIpc) is 3.05. The summed E-state index contributed by atoms with van der Waals surface area (Å²) in [4.78, 5) is 26.0. The summed E-state index contributed by atoms with van der Waals surface area (Å²) in [6, 6.07) is 7.01. The van der Waals surface area contributed by atoms with Gasteiger partial charge in [-0.1, -0.05) is 17.7 Å². The number of anilines is 2. The van der Waals surface area contributed by atoms with E-state index in [1.54, 1.807) is 13.0 Å². The summed E-state index contributed by atoms with van der Waals surface area (Å²) >= 11 is 5.85. The monoisotopic (exact) mass is 486 g/mol. The first-order valence-corrected chi connectivity index (χ1v) is 10.9. The van der Waals surface area contributed by atoms with Crippen LogP contribution in [0.2, 0.25) is 5.15 Å². The molecule has 0 amide bonds. The minimum absolute atomic E-state index is 0.0238. The van der Waals surface area contributed by atoms with Gasteiger partial charge in [-0.25, -0.2) is 28.5 Å². The third-order valence-electron chi connectivity index (χ3n) is 5.97. The van der Waals surface area contributed by atoms with Crippen molar-refractivity contribution >= 4 is 40.1 Å². The number of hydrogen-bond donors (Lipinski definition) is 2. The number of rotatable bonds is 5. The van der Waals surface area contributed by atoms with Crippen molar-refractivity contribution in [2.75, 3.05) is 16.8 Å². The number of nitrogens with zero attached hydrogens (tertiary/aromatic N) is 5. The van der Waals surface area contributed by atoms with Crippen molar-refractivity contribution in [1.82, 2.24) is 15.0 Å². The van der Waals surface area contributed by atoms with Crippen molar-refractivity contribution in [3.8, 4) is 6.07 Å². The lowest BCUT2D eigenvalue weighted by Crippen LogP contribution is -2.37. The zero-order valence-corrected chi connectivity index (χ0v) is 19.4. The van der Waals surface area contributed by atoms with Crippen LogP contribution in [-0.2, 0) is 0 Å². The van der Waals surface area contributed by atoms with Crippen molar-refractivity contribution in [2.45, 2.75) is 45.2 Å². The van der Waals surface area contributed by atoms with Crippen LogP contribution in [0.15, 0.2) is 24.3 Å². The van der Waals surface area contributed by atoms with Gasteiger partial charge in [-0.05, 0) is 44.5 Å². The highest BCUT2D eigenvalue weighted by molar-refractivity contribution is 6.29. The third kappa shape index (κ3) is 4.19. The van der Waals surface area contributed by atoms with Crippen LogP contribution in [0.1, 0.15) is 53.6 Å². The molecule has 3 heterocycles. The van der Waals surface area contributed by atoms with Crippen molar-refractivity contribution < 1.29 is 18.7 Å². The maximum atomic E-state index is 14.2. The number of aromatic nitrogens is 3. The molecule has 2 aromatic heterocycles. The predicted octanol–water partition coefficient (Wildman–Crippen LogP) is 4.96. The molecule has 3 aromatic rings. The lowest BCUT2D eigenvalue weighted by molar-refractivity contribution is -0.00187. The standard InChI is InChI=1S/C23H21ClF2N6O2/c1-11-8-14(12(2)28-15-4-5-18(24)30-20(15)22(33)34)19-16(9-11)29-17(10-27)21(31-19)32-7-6-23(25,26)13(32)3/h4-5,8-9,12-13,28H,6-7H2,1-3H3,(H,33,34)/t12-,13+/m1/s1. The second-order valence-corrected chi connectivity index (χ2v) is 8.70. The number of aryl methyl sites for hydroxylation is 1. The number of hydrogen-bond acceptors (Lipinski definition) is 7. The molecule has 1 saturated heterocycles. The van der Waals surface area contributed by atoms with Crippen molar-refractivity contribution in [3.05, 3.63) is 51.9 Å². The van der Waals surface area contributed by atoms with Gasteiger partial charge in [0, 0.05) is 18.5 Å². The first-order chi connectivity index (χ1) is 16.0. The van der Waals surface area contributed by atoms with Crippen LogP contribution in [0.5, 0.6) is 0 Å². The van der Waals surface area contributed by atoms with Gasteiger partial charge in [-0.15, -0.1) is 0 Å². The number of carboxylic acid groups (broad SMARTS) is 1. The summed E-state index contributed by atoms with van der Waals surface area (Å²) in [6.45, 7) is 5.12. The highest BCUT2D eigenvalue weighted by Gasteiger charge is 2.47. The molecule has 1 fully saturated rings. The summed E-state index contributed by atoms with van der Waals surface area (Å²) < 4.78 is 28.4. The quantitative estimate of drug-likeness (QED) is 0.486. The molecule has 0 aliphatic carbocycles. The van der Waals surface area contributed by atoms with E-state index in [1.807, 2.05) is 19.1 Å². The van der Waals surface area contributed by atoms with Crippen molar-refractivity contribution in [1.29, 1.82) is 5.26 Å². The number of nitrogens with one attached hydrogen (secondary N) is 1. The largest absolute Gasteiger partial charge is 0.476 e. The Balaban J connectivity index is 1.82.